The summed E-state index contributed by atoms with van der Waals surface area (Å²) in [5.74, 6) is 3.02. The number of rotatable bonds is 5. The van der Waals surface area contributed by atoms with Gasteiger partial charge >= 0.3 is 0 Å². The van der Waals surface area contributed by atoms with Gasteiger partial charge in [-0.15, -0.1) is 6.58 Å². The number of allylic oxidation sites excluding steroid dienone is 3. The molecule has 2 fully saturated rings. The van der Waals surface area contributed by atoms with E-state index in [0.717, 1.165) is 43.1 Å². The highest BCUT2D eigenvalue weighted by Gasteiger charge is 2.30. The van der Waals surface area contributed by atoms with Gasteiger partial charge in [-0.1, -0.05) is 36.4 Å². The standard InChI is InChI=1S/C32H38F2/c1-2-22-3-5-27(6-4-22)29-17-20-31(32(34)21-29)28-13-11-25(12-14-28)23-7-9-24(10-8-23)26-15-18-30(33)19-16-26/h2,13,15-25,27H,1,3-12,14H2. The smallest absolute Gasteiger partial charge is 0.130 e. The van der Waals surface area contributed by atoms with E-state index in [9.17, 15) is 4.39 Å². The molecule has 0 heterocycles. The van der Waals surface area contributed by atoms with Crippen molar-refractivity contribution in [3.8, 4) is 0 Å². The topological polar surface area (TPSA) is 0 Å². The summed E-state index contributed by atoms with van der Waals surface area (Å²) in [6.07, 6.45) is 17.2. The highest BCUT2D eigenvalue weighted by molar-refractivity contribution is 5.67. The van der Waals surface area contributed by atoms with Crippen LogP contribution in [0.1, 0.15) is 99.2 Å². The Morgan fingerprint density at radius 3 is 1.97 bits per heavy atom. The van der Waals surface area contributed by atoms with Crippen LogP contribution < -0.4 is 0 Å². The van der Waals surface area contributed by atoms with Crippen LogP contribution in [-0.4, -0.2) is 0 Å². The highest BCUT2D eigenvalue weighted by atomic mass is 19.1. The van der Waals surface area contributed by atoms with E-state index >= 15 is 4.39 Å². The normalized spacial score (nSPS) is 29.9. The average Bonchev–Trinajstić information content (AvgIpc) is 2.89. The molecule has 180 valence electrons. The maximum Gasteiger partial charge on any atom is 0.130 e. The Hall–Kier alpha value is -2.22. The molecule has 0 saturated heterocycles. The van der Waals surface area contributed by atoms with Crippen LogP contribution in [0, 0.1) is 29.4 Å². The summed E-state index contributed by atoms with van der Waals surface area (Å²) in [7, 11) is 0. The van der Waals surface area contributed by atoms with Crippen molar-refractivity contribution in [2.24, 2.45) is 17.8 Å². The van der Waals surface area contributed by atoms with Gasteiger partial charge in [0.2, 0.25) is 0 Å². The third-order valence-electron chi connectivity index (χ3n) is 9.15. The lowest BCUT2D eigenvalue weighted by Crippen LogP contribution is -2.22. The third kappa shape index (κ3) is 5.21. The summed E-state index contributed by atoms with van der Waals surface area (Å²) < 4.78 is 28.4. The van der Waals surface area contributed by atoms with Gasteiger partial charge in [0.15, 0.2) is 0 Å². The summed E-state index contributed by atoms with van der Waals surface area (Å²) in [6, 6.07) is 13.1. The SMILES string of the molecule is C=CC1CCC(c2ccc(C3=CCC(C4CCC(c5ccc(F)cc5)CC4)CC3)c(F)c2)CC1. The summed E-state index contributed by atoms with van der Waals surface area (Å²) in [5.41, 5.74) is 4.49. The quantitative estimate of drug-likeness (QED) is 0.390. The van der Waals surface area contributed by atoms with Gasteiger partial charge < -0.3 is 0 Å². The van der Waals surface area contributed by atoms with E-state index < -0.39 is 0 Å². The van der Waals surface area contributed by atoms with Gasteiger partial charge in [-0.25, -0.2) is 8.78 Å². The molecule has 2 aromatic carbocycles. The highest BCUT2D eigenvalue weighted by Crippen LogP contribution is 2.44. The minimum absolute atomic E-state index is 0.0344. The summed E-state index contributed by atoms with van der Waals surface area (Å²) >= 11 is 0. The molecule has 0 amide bonds. The fourth-order valence-electron chi connectivity index (χ4n) is 6.92. The van der Waals surface area contributed by atoms with Crippen molar-refractivity contribution < 1.29 is 8.78 Å². The molecule has 0 aliphatic heterocycles. The predicted octanol–water partition coefficient (Wildman–Crippen LogP) is 9.58. The molecular weight excluding hydrogens is 422 g/mol. The predicted molar refractivity (Wildman–Crippen MR) is 138 cm³/mol. The molecule has 0 nitrogen and oxygen atoms in total. The van der Waals surface area contributed by atoms with Crippen molar-refractivity contribution in [3.63, 3.8) is 0 Å². The Labute approximate surface area is 204 Å². The van der Waals surface area contributed by atoms with Crippen LogP contribution in [0.15, 0.2) is 61.2 Å². The molecule has 2 aromatic rings. The second-order valence-electron chi connectivity index (χ2n) is 11.0. The zero-order chi connectivity index (χ0) is 23.5. The maximum atomic E-state index is 15.1. The van der Waals surface area contributed by atoms with Gasteiger partial charge in [0.25, 0.3) is 0 Å². The molecular formula is C32H38F2. The lowest BCUT2D eigenvalue weighted by molar-refractivity contribution is 0.220. The van der Waals surface area contributed by atoms with Crippen LogP contribution in [-0.2, 0) is 0 Å². The third-order valence-corrected chi connectivity index (χ3v) is 9.15. The van der Waals surface area contributed by atoms with Crippen molar-refractivity contribution >= 4 is 5.57 Å². The van der Waals surface area contributed by atoms with E-state index in [1.807, 2.05) is 24.3 Å². The Morgan fingerprint density at radius 2 is 1.35 bits per heavy atom. The van der Waals surface area contributed by atoms with Crippen molar-refractivity contribution in [2.75, 3.05) is 0 Å². The first-order chi connectivity index (χ1) is 16.6. The Bertz CT molecular complexity index is 1000. The van der Waals surface area contributed by atoms with Gasteiger partial charge in [-0.2, -0.15) is 0 Å². The lowest BCUT2D eigenvalue weighted by atomic mass is 9.70. The molecule has 5 rings (SSSR count). The average molecular weight is 461 g/mol. The number of hydrogen-bond donors (Lipinski definition) is 0. The van der Waals surface area contributed by atoms with E-state index in [2.05, 4.69) is 24.8 Å². The summed E-state index contributed by atoms with van der Waals surface area (Å²) in [5, 5.41) is 0. The van der Waals surface area contributed by atoms with Crippen LogP contribution in [0.25, 0.3) is 5.57 Å². The molecule has 2 saturated carbocycles. The van der Waals surface area contributed by atoms with Gasteiger partial charge in [-0.05, 0) is 135 Å². The van der Waals surface area contributed by atoms with E-state index in [0.29, 0.717) is 17.8 Å². The second kappa shape index (κ2) is 10.6. The molecule has 0 aromatic heterocycles. The number of halogens is 2. The number of benzene rings is 2. The molecule has 0 bridgehead atoms. The zero-order valence-electron chi connectivity index (χ0n) is 20.3. The zero-order valence-corrected chi connectivity index (χ0v) is 20.3. The minimum Gasteiger partial charge on any atom is -0.207 e. The molecule has 3 aliphatic carbocycles. The van der Waals surface area contributed by atoms with E-state index in [4.69, 9.17) is 0 Å². The first kappa shape index (κ1) is 23.5. The van der Waals surface area contributed by atoms with Gasteiger partial charge in [-0.3, -0.25) is 0 Å². The van der Waals surface area contributed by atoms with Crippen LogP contribution in [0.2, 0.25) is 0 Å². The van der Waals surface area contributed by atoms with Crippen molar-refractivity contribution in [3.05, 3.63) is 89.5 Å². The lowest BCUT2D eigenvalue weighted by Gasteiger charge is -2.35. The largest absolute Gasteiger partial charge is 0.207 e. The van der Waals surface area contributed by atoms with Crippen LogP contribution in [0.3, 0.4) is 0 Å². The monoisotopic (exact) mass is 460 g/mol. The van der Waals surface area contributed by atoms with Gasteiger partial charge in [0, 0.05) is 5.56 Å². The van der Waals surface area contributed by atoms with Crippen molar-refractivity contribution in [1.29, 1.82) is 0 Å². The van der Waals surface area contributed by atoms with Gasteiger partial charge in [0.05, 0.1) is 0 Å². The Balaban J connectivity index is 1.16. The fraction of sp³-hybridized carbons (Fsp3) is 0.500. The molecule has 34 heavy (non-hydrogen) atoms. The van der Waals surface area contributed by atoms with Crippen molar-refractivity contribution in [1.82, 2.24) is 0 Å². The molecule has 3 aliphatic rings. The van der Waals surface area contributed by atoms with Crippen LogP contribution in [0.4, 0.5) is 8.78 Å². The fourth-order valence-corrected chi connectivity index (χ4v) is 6.92. The maximum absolute atomic E-state index is 15.1. The van der Waals surface area contributed by atoms with Crippen LogP contribution in [0.5, 0.6) is 0 Å². The molecule has 1 unspecified atom stereocenters. The van der Waals surface area contributed by atoms with E-state index in [-0.39, 0.29) is 11.6 Å². The molecule has 0 spiro atoms. The van der Waals surface area contributed by atoms with Crippen LogP contribution >= 0.6 is 0 Å². The first-order valence-corrected chi connectivity index (χ1v) is 13.5. The molecule has 0 radical (unpaired) electrons. The van der Waals surface area contributed by atoms with Crippen molar-refractivity contribution in [2.45, 2.75) is 82.5 Å². The van der Waals surface area contributed by atoms with Gasteiger partial charge in [0.1, 0.15) is 11.6 Å². The molecule has 2 heteroatoms. The Kier molecular flexibility index (Phi) is 7.32. The minimum atomic E-state index is -0.149. The summed E-state index contributed by atoms with van der Waals surface area (Å²) in [6.45, 7) is 3.94. The second-order valence-corrected chi connectivity index (χ2v) is 11.0. The molecule has 0 N–H and O–H groups in total. The van der Waals surface area contributed by atoms with E-state index in [1.165, 1.54) is 61.6 Å². The number of hydrogen-bond acceptors (Lipinski definition) is 0. The molecule has 1 atom stereocenters. The first-order valence-electron chi connectivity index (χ1n) is 13.5. The Morgan fingerprint density at radius 1 is 0.706 bits per heavy atom. The van der Waals surface area contributed by atoms with E-state index in [1.54, 1.807) is 12.1 Å². The summed E-state index contributed by atoms with van der Waals surface area (Å²) in [4.78, 5) is 0.